The van der Waals surface area contributed by atoms with E-state index < -0.39 is 26.7 Å². The molecule has 1 aromatic rings. The first kappa shape index (κ1) is 18.8. The molecule has 0 aromatic heterocycles. The van der Waals surface area contributed by atoms with Gasteiger partial charge < -0.3 is 4.74 Å². The van der Waals surface area contributed by atoms with Gasteiger partial charge in [0.25, 0.3) is 0 Å². The van der Waals surface area contributed by atoms with Gasteiger partial charge in [-0.3, -0.25) is 0 Å². The summed E-state index contributed by atoms with van der Waals surface area (Å²) in [6.07, 6.45) is 0. The summed E-state index contributed by atoms with van der Waals surface area (Å²) in [7, 11) is -7.29. The highest BCUT2D eigenvalue weighted by atomic mass is 32.2. The van der Waals surface area contributed by atoms with Gasteiger partial charge in [-0.25, -0.2) is 21.6 Å². The van der Waals surface area contributed by atoms with E-state index in [-0.39, 0.29) is 36.2 Å². The molecule has 24 heavy (non-hydrogen) atoms. The predicted molar refractivity (Wildman–Crippen MR) is 82.4 cm³/mol. The van der Waals surface area contributed by atoms with Gasteiger partial charge in [0.1, 0.15) is 5.75 Å². The van der Waals surface area contributed by atoms with Crippen LogP contribution in [0, 0.1) is 5.92 Å². The zero-order chi connectivity index (χ0) is 18.0. The Labute approximate surface area is 139 Å². The number of hydrogen-bond donors (Lipinski definition) is 1. The van der Waals surface area contributed by atoms with E-state index in [2.05, 4.69) is 16.0 Å². The second kappa shape index (κ2) is 7.13. The zero-order valence-electron chi connectivity index (χ0n) is 12.4. The van der Waals surface area contributed by atoms with E-state index in [1.807, 2.05) is 0 Å². The van der Waals surface area contributed by atoms with Crippen LogP contribution in [0.15, 0.2) is 41.1 Å². The summed E-state index contributed by atoms with van der Waals surface area (Å²) in [6, 6.07) is 4.66. The average molecular weight is 382 g/mol. The van der Waals surface area contributed by atoms with Crippen molar-refractivity contribution in [3.63, 3.8) is 0 Å². The molecule has 0 saturated carbocycles. The minimum atomic E-state index is -3.75. The van der Waals surface area contributed by atoms with Gasteiger partial charge >= 0.3 is 6.61 Å². The van der Waals surface area contributed by atoms with Crippen molar-refractivity contribution >= 4 is 20.0 Å². The first-order chi connectivity index (χ1) is 11.1. The highest BCUT2D eigenvalue weighted by Gasteiger charge is 2.36. The smallest absolute Gasteiger partial charge is 0.387 e. The Morgan fingerprint density at radius 2 is 1.83 bits per heavy atom. The van der Waals surface area contributed by atoms with Crippen molar-refractivity contribution in [1.29, 1.82) is 0 Å². The number of sulfonamides is 2. The van der Waals surface area contributed by atoms with Crippen molar-refractivity contribution in [2.45, 2.75) is 11.5 Å². The zero-order valence-corrected chi connectivity index (χ0v) is 14.1. The van der Waals surface area contributed by atoms with Crippen molar-refractivity contribution in [2.75, 3.05) is 19.6 Å². The van der Waals surface area contributed by atoms with Crippen LogP contribution < -0.4 is 9.46 Å². The Hall–Kier alpha value is -1.56. The van der Waals surface area contributed by atoms with E-state index in [1.165, 1.54) is 16.4 Å². The second-order valence-corrected chi connectivity index (χ2v) is 8.75. The lowest BCUT2D eigenvalue weighted by Gasteiger charge is -2.38. The normalized spacial score (nSPS) is 16.8. The summed E-state index contributed by atoms with van der Waals surface area (Å²) in [6.45, 7) is 0.616. The van der Waals surface area contributed by atoms with E-state index in [1.54, 1.807) is 0 Å². The molecule has 1 heterocycles. The number of nitrogens with zero attached hydrogens (tertiary/aromatic N) is 1. The molecule has 0 amide bonds. The lowest BCUT2D eigenvalue weighted by molar-refractivity contribution is -0.0498. The molecule has 7 nitrogen and oxygen atoms in total. The lowest BCUT2D eigenvalue weighted by Crippen LogP contribution is -2.53. The van der Waals surface area contributed by atoms with E-state index in [0.29, 0.717) is 0 Å². The molecule has 1 N–H and O–H groups in total. The van der Waals surface area contributed by atoms with Crippen molar-refractivity contribution < 1.29 is 30.4 Å². The van der Waals surface area contributed by atoms with Crippen molar-refractivity contribution in [1.82, 2.24) is 9.03 Å². The number of hydrogen-bond acceptors (Lipinski definition) is 5. The molecule has 0 aliphatic carbocycles. The number of halogens is 2. The Kier molecular flexibility index (Phi) is 5.58. The number of ether oxygens (including phenoxy) is 1. The SMILES string of the molecule is C=CS(=O)(=O)NCC1CN(S(=O)(=O)c2ccc(OC(F)F)cc2)C1. The minimum absolute atomic E-state index is 0.0470. The molecular weight excluding hydrogens is 366 g/mol. The topological polar surface area (TPSA) is 92.8 Å². The molecule has 1 aliphatic rings. The van der Waals surface area contributed by atoms with Crippen LogP contribution in [0.25, 0.3) is 0 Å². The molecule has 0 spiro atoms. The molecule has 134 valence electrons. The quantitative estimate of drug-likeness (QED) is 0.723. The summed E-state index contributed by atoms with van der Waals surface area (Å²) in [5.74, 6) is -0.278. The van der Waals surface area contributed by atoms with Crippen LogP contribution in [-0.2, 0) is 20.0 Å². The Balaban J connectivity index is 1.94. The third-order valence-corrected chi connectivity index (χ3v) is 6.26. The van der Waals surface area contributed by atoms with Crippen LogP contribution >= 0.6 is 0 Å². The highest BCUT2D eigenvalue weighted by molar-refractivity contribution is 7.92. The van der Waals surface area contributed by atoms with E-state index >= 15 is 0 Å². The Morgan fingerprint density at radius 1 is 1.25 bits per heavy atom. The third kappa shape index (κ3) is 4.50. The maximum Gasteiger partial charge on any atom is 0.387 e. The highest BCUT2D eigenvalue weighted by Crippen LogP contribution is 2.26. The summed E-state index contributed by atoms with van der Waals surface area (Å²) >= 11 is 0. The second-order valence-electron chi connectivity index (χ2n) is 5.10. The number of rotatable bonds is 8. The van der Waals surface area contributed by atoms with Gasteiger partial charge in [0, 0.05) is 31.0 Å². The minimum Gasteiger partial charge on any atom is -0.435 e. The first-order valence-electron chi connectivity index (χ1n) is 6.81. The molecule has 0 unspecified atom stereocenters. The van der Waals surface area contributed by atoms with Crippen LogP contribution in [0.2, 0.25) is 0 Å². The third-order valence-electron chi connectivity index (χ3n) is 3.40. The Bertz CT molecular complexity index is 788. The van der Waals surface area contributed by atoms with E-state index in [4.69, 9.17) is 0 Å². The fourth-order valence-corrected chi connectivity index (χ4v) is 4.26. The van der Waals surface area contributed by atoms with Crippen LogP contribution in [0.1, 0.15) is 0 Å². The summed E-state index contributed by atoms with van der Waals surface area (Å²) in [4.78, 5) is -0.0470. The van der Waals surface area contributed by atoms with Gasteiger partial charge in [-0.2, -0.15) is 13.1 Å². The average Bonchev–Trinajstić information content (AvgIpc) is 2.45. The summed E-state index contributed by atoms with van der Waals surface area (Å²) in [5.41, 5.74) is 0. The van der Waals surface area contributed by atoms with E-state index in [9.17, 15) is 25.6 Å². The molecule has 1 aliphatic heterocycles. The number of nitrogens with one attached hydrogen (secondary N) is 1. The fourth-order valence-electron chi connectivity index (χ4n) is 2.08. The maximum atomic E-state index is 12.3. The largest absolute Gasteiger partial charge is 0.435 e. The first-order valence-corrected chi connectivity index (χ1v) is 9.80. The van der Waals surface area contributed by atoms with Crippen molar-refractivity contribution in [2.24, 2.45) is 5.92 Å². The molecule has 0 radical (unpaired) electrons. The van der Waals surface area contributed by atoms with Gasteiger partial charge in [0.05, 0.1) is 4.90 Å². The van der Waals surface area contributed by atoms with Crippen LogP contribution in [-0.4, -0.2) is 47.4 Å². The molecule has 0 atom stereocenters. The standard InChI is InChI=1S/C13H16F2N2O5S2/c1-2-23(18,19)16-7-10-8-17(9-10)24(20,21)12-5-3-11(4-6-12)22-13(14)15/h2-6,10,13,16H,1,7-9H2. The summed E-state index contributed by atoms with van der Waals surface area (Å²) in [5, 5.41) is 0.781. The fraction of sp³-hybridized carbons (Fsp3) is 0.385. The molecule has 2 rings (SSSR count). The van der Waals surface area contributed by atoms with Gasteiger partial charge in [-0.15, -0.1) is 0 Å². The van der Waals surface area contributed by atoms with Crippen LogP contribution in [0.3, 0.4) is 0 Å². The molecule has 1 aromatic carbocycles. The molecular formula is C13H16F2N2O5S2. The van der Waals surface area contributed by atoms with Gasteiger partial charge in [0.15, 0.2) is 0 Å². The molecule has 1 fully saturated rings. The predicted octanol–water partition coefficient (Wildman–Crippen LogP) is 0.971. The molecule has 11 heteroatoms. The molecule has 1 saturated heterocycles. The van der Waals surface area contributed by atoms with Crippen molar-refractivity contribution in [3.05, 3.63) is 36.3 Å². The Morgan fingerprint density at radius 3 is 2.33 bits per heavy atom. The number of benzene rings is 1. The summed E-state index contributed by atoms with van der Waals surface area (Å²) < 4.78 is 78.9. The maximum absolute atomic E-state index is 12.3. The van der Waals surface area contributed by atoms with Crippen molar-refractivity contribution in [3.8, 4) is 5.75 Å². The van der Waals surface area contributed by atoms with Gasteiger partial charge in [-0.1, -0.05) is 6.58 Å². The van der Waals surface area contributed by atoms with Crippen LogP contribution in [0.4, 0.5) is 8.78 Å². The van der Waals surface area contributed by atoms with E-state index in [0.717, 1.165) is 17.5 Å². The monoisotopic (exact) mass is 382 g/mol. The van der Waals surface area contributed by atoms with Gasteiger partial charge in [0.2, 0.25) is 20.0 Å². The number of alkyl halides is 2. The van der Waals surface area contributed by atoms with Crippen LogP contribution in [0.5, 0.6) is 5.75 Å². The molecule has 0 bridgehead atoms. The van der Waals surface area contributed by atoms with Gasteiger partial charge in [-0.05, 0) is 24.3 Å². The lowest BCUT2D eigenvalue weighted by atomic mass is 10.0.